The summed E-state index contributed by atoms with van der Waals surface area (Å²) in [5, 5.41) is -1.09. The lowest BCUT2D eigenvalue weighted by atomic mass is 10.3. The van der Waals surface area contributed by atoms with Crippen molar-refractivity contribution in [1.29, 1.82) is 0 Å². The van der Waals surface area contributed by atoms with Crippen LogP contribution >= 0.6 is 23.2 Å². The molecule has 152 valence electrons. The van der Waals surface area contributed by atoms with E-state index in [-0.39, 0.29) is 22.1 Å². The van der Waals surface area contributed by atoms with E-state index in [1.807, 2.05) is 18.2 Å². The molecule has 2 amide bonds. The largest absolute Gasteiger partial charge is 0.297 e. The van der Waals surface area contributed by atoms with Crippen LogP contribution in [0.3, 0.4) is 0 Å². The van der Waals surface area contributed by atoms with Gasteiger partial charge < -0.3 is 0 Å². The Morgan fingerprint density at radius 2 is 1.60 bits per heavy atom. The minimum atomic E-state index is -1.32. The first kappa shape index (κ1) is 20.1. The van der Waals surface area contributed by atoms with Gasteiger partial charge in [0.05, 0.1) is 22.1 Å². The number of halogens is 2. The van der Waals surface area contributed by atoms with Crippen LogP contribution in [-0.2, 0) is 16.6 Å². The molecular formula is C21H16Cl2N4O3. The Balaban J connectivity index is 1.83. The molecule has 1 aliphatic heterocycles. The van der Waals surface area contributed by atoms with Crippen molar-refractivity contribution in [3.05, 3.63) is 75.7 Å². The van der Waals surface area contributed by atoms with Gasteiger partial charge in [-0.1, -0.05) is 41.9 Å². The van der Waals surface area contributed by atoms with Crippen molar-refractivity contribution in [1.82, 2.24) is 9.36 Å². The molecule has 7 nitrogen and oxygen atoms in total. The second-order valence-corrected chi connectivity index (χ2v) is 7.54. The maximum absolute atomic E-state index is 13.1. The van der Waals surface area contributed by atoms with Gasteiger partial charge in [0.1, 0.15) is 5.71 Å². The normalized spacial score (nSPS) is 17.9. The first-order chi connectivity index (χ1) is 14.3. The van der Waals surface area contributed by atoms with Crippen molar-refractivity contribution in [3.8, 4) is 5.69 Å². The summed E-state index contributed by atoms with van der Waals surface area (Å²) in [5.74, 6) is -1.37. The molecule has 0 radical (unpaired) electrons. The number of anilines is 1. The number of carbonyl (C=O) groups is 2. The van der Waals surface area contributed by atoms with Gasteiger partial charge >= 0.3 is 0 Å². The van der Waals surface area contributed by atoms with Crippen molar-refractivity contribution in [2.75, 3.05) is 4.90 Å². The van der Waals surface area contributed by atoms with E-state index in [1.165, 1.54) is 4.68 Å². The van der Waals surface area contributed by atoms with Crippen LogP contribution in [0.15, 0.2) is 64.4 Å². The molecule has 30 heavy (non-hydrogen) atoms. The molecular weight excluding hydrogens is 427 g/mol. The average Bonchev–Trinajstić information content (AvgIpc) is 3.08. The maximum Gasteiger partial charge on any atom is 0.297 e. The van der Waals surface area contributed by atoms with E-state index in [1.54, 1.807) is 55.1 Å². The summed E-state index contributed by atoms with van der Waals surface area (Å²) >= 11 is 12.4. The molecule has 1 aliphatic rings. The van der Waals surface area contributed by atoms with Gasteiger partial charge in [0.25, 0.3) is 17.4 Å². The zero-order valence-electron chi connectivity index (χ0n) is 16.0. The fourth-order valence-corrected chi connectivity index (χ4v) is 3.78. The Bertz CT molecular complexity index is 1260. The minimum absolute atomic E-state index is 0.0455. The van der Waals surface area contributed by atoms with E-state index in [2.05, 4.69) is 4.99 Å². The smallest absolute Gasteiger partial charge is 0.283 e. The van der Waals surface area contributed by atoms with E-state index >= 15 is 0 Å². The van der Waals surface area contributed by atoms with Crippen molar-refractivity contribution >= 4 is 52.1 Å². The predicted molar refractivity (Wildman–Crippen MR) is 116 cm³/mol. The van der Waals surface area contributed by atoms with Gasteiger partial charge in [-0.25, -0.2) is 14.6 Å². The third kappa shape index (κ3) is 3.07. The number of para-hydroxylation sites is 2. The summed E-state index contributed by atoms with van der Waals surface area (Å²) in [7, 11) is 1.71. The van der Waals surface area contributed by atoms with Gasteiger partial charge in [-0.05, 0) is 31.2 Å². The summed E-state index contributed by atoms with van der Waals surface area (Å²) < 4.78 is 3.07. The quantitative estimate of drug-likeness (QED) is 0.460. The Kier molecular flexibility index (Phi) is 5.09. The van der Waals surface area contributed by atoms with Gasteiger partial charge in [0.15, 0.2) is 11.1 Å². The maximum atomic E-state index is 13.1. The van der Waals surface area contributed by atoms with Crippen LogP contribution in [0.1, 0.15) is 5.69 Å². The molecule has 1 unspecified atom stereocenters. The Hall–Kier alpha value is -3.16. The average molecular weight is 443 g/mol. The van der Waals surface area contributed by atoms with Crippen LogP contribution in [0.5, 0.6) is 0 Å². The van der Waals surface area contributed by atoms with Crippen molar-refractivity contribution in [3.63, 3.8) is 0 Å². The first-order valence-electron chi connectivity index (χ1n) is 9.02. The molecule has 1 fully saturated rings. The summed E-state index contributed by atoms with van der Waals surface area (Å²) in [6.07, 6.45) is 0. The highest BCUT2D eigenvalue weighted by Gasteiger charge is 2.45. The predicted octanol–water partition coefficient (Wildman–Crippen LogP) is 3.39. The van der Waals surface area contributed by atoms with Gasteiger partial charge in [-0.2, -0.15) is 0 Å². The number of aromatic nitrogens is 2. The molecule has 0 bridgehead atoms. The van der Waals surface area contributed by atoms with Crippen LogP contribution in [0, 0.1) is 6.92 Å². The van der Waals surface area contributed by atoms with Gasteiger partial charge in [-0.3, -0.25) is 19.1 Å². The molecule has 2 aromatic carbocycles. The van der Waals surface area contributed by atoms with Crippen molar-refractivity contribution < 1.29 is 9.59 Å². The number of amides is 2. The standard InChI is InChI=1S/C21H16Cl2N4O3/c1-12-17(21(30)27(25(12)2)13-8-4-3-5-9-13)24-18-16(23)19(28)26(20(18)29)15-11-7-6-10-14(15)22/h3-11,16H,1-2H3. The van der Waals surface area contributed by atoms with E-state index in [0.29, 0.717) is 11.4 Å². The molecule has 1 aromatic heterocycles. The minimum Gasteiger partial charge on any atom is -0.283 e. The Morgan fingerprint density at radius 1 is 0.967 bits per heavy atom. The Morgan fingerprint density at radius 3 is 2.27 bits per heavy atom. The number of benzene rings is 2. The summed E-state index contributed by atoms with van der Waals surface area (Å²) in [5.41, 5.74) is 0.799. The lowest BCUT2D eigenvalue weighted by Gasteiger charge is -2.14. The fourth-order valence-electron chi connectivity index (χ4n) is 3.32. The number of aliphatic imine (C=N–C) groups is 1. The molecule has 2 heterocycles. The molecule has 0 aliphatic carbocycles. The van der Waals surface area contributed by atoms with Crippen molar-refractivity contribution in [2.24, 2.45) is 12.0 Å². The molecule has 0 N–H and O–H groups in total. The van der Waals surface area contributed by atoms with Crippen LogP contribution in [0.25, 0.3) is 5.69 Å². The lowest BCUT2D eigenvalue weighted by molar-refractivity contribution is -0.120. The summed E-state index contributed by atoms with van der Waals surface area (Å²) in [4.78, 5) is 43.9. The number of rotatable bonds is 3. The zero-order valence-corrected chi connectivity index (χ0v) is 17.6. The highest BCUT2D eigenvalue weighted by Crippen LogP contribution is 2.31. The third-order valence-corrected chi connectivity index (χ3v) is 5.66. The molecule has 0 saturated carbocycles. The fraction of sp³-hybridized carbons (Fsp3) is 0.143. The van der Waals surface area contributed by atoms with Gasteiger partial charge in [0.2, 0.25) is 0 Å². The molecule has 9 heteroatoms. The number of hydrogen-bond acceptors (Lipinski definition) is 4. The number of alkyl halides is 1. The first-order valence-corrected chi connectivity index (χ1v) is 9.84. The SMILES string of the molecule is Cc1c(N=C2C(=O)N(c3ccccc3Cl)C(=O)C2Cl)c(=O)n(-c2ccccc2)n1C. The van der Waals surface area contributed by atoms with Gasteiger partial charge in [-0.15, -0.1) is 11.6 Å². The summed E-state index contributed by atoms with van der Waals surface area (Å²) in [6, 6.07) is 15.5. The molecule has 4 rings (SSSR count). The number of nitrogens with zero attached hydrogens (tertiary/aromatic N) is 4. The number of imide groups is 1. The number of hydrogen-bond donors (Lipinski definition) is 0. The van der Waals surface area contributed by atoms with Crippen LogP contribution < -0.4 is 10.5 Å². The summed E-state index contributed by atoms with van der Waals surface area (Å²) in [6.45, 7) is 1.70. The molecule has 1 atom stereocenters. The Labute approximate surface area is 181 Å². The van der Waals surface area contributed by atoms with E-state index in [4.69, 9.17) is 23.2 Å². The zero-order chi connectivity index (χ0) is 21.6. The van der Waals surface area contributed by atoms with Crippen LogP contribution in [0.4, 0.5) is 11.4 Å². The number of carbonyl (C=O) groups excluding carboxylic acids is 2. The molecule has 1 saturated heterocycles. The molecule has 0 spiro atoms. The second-order valence-electron chi connectivity index (χ2n) is 6.70. The van der Waals surface area contributed by atoms with Crippen LogP contribution in [-0.4, -0.2) is 32.3 Å². The highest BCUT2D eigenvalue weighted by atomic mass is 35.5. The third-order valence-electron chi connectivity index (χ3n) is 4.95. The monoisotopic (exact) mass is 442 g/mol. The lowest BCUT2D eigenvalue weighted by Crippen LogP contribution is -2.31. The second kappa shape index (κ2) is 7.59. The van der Waals surface area contributed by atoms with E-state index in [0.717, 1.165) is 4.90 Å². The van der Waals surface area contributed by atoms with Gasteiger partial charge in [0, 0.05) is 7.05 Å². The highest BCUT2D eigenvalue weighted by molar-refractivity contribution is 6.69. The topological polar surface area (TPSA) is 76.7 Å². The molecule has 3 aromatic rings. The van der Waals surface area contributed by atoms with Crippen molar-refractivity contribution in [2.45, 2.75) is 12.3 Å². The van der Waals surface area contributed by atoms with Crippen LogP contribution in [0.2, 0.25) is 5.02 Å². The van der Waals surface area contributed by atoms with E-state index < -0.39 is 22.8 Å². The van der Waals surface area contributed by atoms with E-state index in [9.17, 15) is 14.4 Å².